The molecule has 0 aliphatic rings. The maximum atomic E-state index is 12.8. The molecule has 0 fully saturated rings. The number of esters is 3. The highest BCUT2D eigenvalue weighted by Gasteiger charge is 2.19. The first-order valence-electron chi connectivity index (χ1n) is 27.8. The first kappa shape index (κ1) is 60.9. The highest BCUT2D eigenvalue weighted by molar-refractivity contribution is 5.71. The molecule has 6 heteroatoms. The third kappa shape index (κ3) is 50.7. The van der Waals surface area contributed by atoms with Crippen molar-refractivity contribution >= 4 is 17.9 Å². The average molecular weight is 887 g/mol. The summed E-state index contributed by atoms with van der Waals surface area (Å²) in [5.74, 6) is -0.868. The molecule has 0 heterocycles. The molecule has 6 nitrogen and oxygen atoms in total. The van der Waals surface area contributed by atoms with E-state index in [2.05, 4.69) is 45.1 Å². The van der Waals surface area contributed by atoms with Crippen LogP contribution in [0, 0.1) is 0 Å². The zero-order chi connectivity index (χ0) is 45.8. The Hall–Kier alpha value is -2.11. The first-order chi connectivity index (χ1) is 31.0. The second-order valence-corrected chi connectivity index (χ2v) is 18.8. The largest absolute Gasteiger partial charge is 0.462 e. The maximum absolute atomic E-state index is 12.8. The Balaban J connectivity index is 4.29. The summed E-state index contributed by atoms with van der Waals surface area (Å²) < 4.78 is 16.8. The number of carbonyl (C=O) groups is 3. The molecule has 0 radical (unpaired) electrons. The Kier molecular flexibility index (Phi) is 50.8. The van der Waals surface area contributed by atoms with Crippen molar-refractivity contribution in [2.45, 2.75) is 309 Å². The van der Waals surface area contributed by atoms with Crippen molar-refractivity contribution in [3.63, 3.8) is 0 Å². The highest BCUT2D eigenvalue weighted by Crippen LogP contribution is 2.16. The van der Waals surface area contributed by atoms with Crippen LogP contribution in [-0.4, -0.2) is 37.2 Å². The zero-order valence-electron chi connectivity index (χ0n) is 42.4. The number of carbonyl (C=O) groups excluding carboxylic acids is 3. The molecule has 0 saturated carbocycles. The lowest BCUT2D eigenvalue weighted by atomic mass is 10.1. The fourth-order valence-corrected chi connectivity index (χ4v) is 8.20. The van der Waals surface area contributed by atoms with E-state index in [1.165, 1.54) is 199 Å². The highest BCUT2D eigenvalue weighted by atomic mass is 16.6. The second-order valence-electron chi connectivity index (χ2n) is 18.8. The summed E-state index contributed by atoms with van der Waals surface area (Å²) in [4.78, 5) is 38.0. The molecule has 370 valence electrons. The van der Waals surface area contributed by atoms with Gasteiger partial charge in [-0.1, -0.05) is 238 Å². The molecule has 0 spiro atoms. The molecule has 0 N–H and O–H groups in total. The van der Waals surface area contributed by atoms with Crippen LogP contribution in [0.25, 0.3) is 0 Å². The first-order valence-corrected chi connectivity index (χ1v) is 27.8. The Morgan fingerprint density at radius 2 is 0.524 bits per heavy atom. The number of hydrogen-bond acceptors (Lipinski definition) is 6. The van der Waals surface area contributed by atoms with Crippen LogP contribution in [0.15, 0.2) is 24.3 Å². The van der Waals surface area contributed by atoms with Gasteiger partial charge in [0, 0.05) is 19.3 Å². The van der Waals surface area contributed by atoms with Gasteiger partial charge in [-0.25, -0.2) is 0 Å². The number of allylic oxidation sites excluding steroid dienone is 4. The minimum Gasteiger partial charge on any atom is -0.462 e. The predicted octanol–water partition coefficient (Wildman–Crippen LogP) is 18.3. The Morgan fingerprint density at radius 3 is 0.794 bits per heavy atom. The molecule has 1 unspecified atom stereocenters. The van der Waals surface area contributed by atoms with Crippen LogP contribution >= 0.6 is 0 Å². The molecule has 0 amide bonds. The fraction of sp³-hybridized carbons (Fsp3) is 0.877. The van der Waals surface area contributed by atoms with Crippen molar-refractivity contribution in [1.29, 1.82) is 0 Å². The number of ether oxygens (including phenoxy) is 3. The van der Waals surface area contributed by atoms with Crippen LogP contribution in [0.3, 0.4) is 0 Å². The molecule has 0 aromatic heterocycles. The van der Waals surface area contributed by atoms with Crippen molar-refractivity contribution in [1.82, 2.24) is 0 Å². The van der Waals surface area contributed by atoms with Gasteiger partial charge < -0.3 is 14.2 Å². The molecule has 0 aliphatic heterocycles. The Bertz CT molecular complexity index is 1020. The summed E-state index contributed by atoms with van der Waals surface area (Å²) in [6.45, 7) is 6.65. The fourth-order valence-electron chi connectivity index (χ4n) is 8.20. The second kappa shape index (κ2) is 52.5. The minimum atomic E-state index is -0.771. The molecule has 63 heavy (non-hydrogen) atoms. The van der Waals surface area contributed by atoms with Crippen LogP contribution < -0.4 is 0 Å². The van der Waals surface area contributed by atoms with Gasteiger partial charge in [0.1, 0.15) is 13.2 Å². The maximum Gasteiger partial charge on any atom is 0.306 e. The number of hydrogen-bond donors (Lipinski definition) is 0. The van der Waals surface area contributed by atoms with Crippen molar-refractivity contribution in [3.05, 3.63) is 24.3 Å². The van der Waals surface area contributed by atoms with E-state index in [1.54, 1.807) is 0 Å². The van der Waals surface area contributed by atoms with E-state index in [0.717, 1.165) is 64.2 Å². The summed E-state index contributed by atoms with van der Waals surface area (Å²) in [6, 6.07) is 0. The molecule has 0 saturated heterocycles. The summed E-state index contributed by atoms with van der Waals surface area (Å²) in [5, 5.41) is 0. The van der Waals surface area contributed by atoms with Crippen molar-refractivity contribution < 1.29 is 28.6 Å². The predicted molar refractivity (Wildman–Crippen MR) is 270 cm³/mol. The lowest BCUT2D eigenvalue weighted by Crippen LogP contribution is -2.30. The van der Waals surface area contributed by atoms with Crippen molar-refractivity contribution in [2.24, 2.45) is 0 Å². The average Bonchev–Trinajstić information content (AvgIpc) is 3.28. The molecule has 0 bridgehead atoms. The van der Waals surface area contributed by atoms with Gasteiger partial charge in [-0.05, 0) is 70.6 Å². The molecular formula is C57H106O6. The molecule has 1 atom stereocenters. The van der Waals surface area contributed by atoms with Gasteiger partial charge in [-0.3, -0.25) is 14.4 Å². The SMILES string of the molecule is CCCCCCCC/C=C\CCCCCCCCCCCC(=O)OCC(COC(=O)CCCCCCCCCCCC)OC(=O)CCCCCCC/C=C\CCCCCCCCC. The van der Waals surface area contributed by atoms with Gasteiger partial charge in [0.05, 0.1) is 0 Å². The Morgan fingerprint density at radius 1 is 0.302 bits per heavy atom. The van der Waals surface area contributed by atoms with E-state index in [0.29, 0.717) is 19.3 Å². The van der Waals surface area contributed by atoms with Gasteiger partial charge in [0.2, 0.25) is 0 Å². The van der Waals surface area contributed by atoms with Crippen LogP contribution in [0.2, 0.25) is 0 Å². The van der Waals surface area contributed by atoms with E-state index >= 15 is 0 Å². The van der Waals surface area contributed by atoms with E-state index < -0.39 is 6.10 Å². The standard InChI is InChI=1S/C57H106O6/c1-4-7-10-13-16-19-22-24-26-28-29-30-32-33-35-38-41-44-47-50-56(59)62-53-54(52-61-55(58)49-46-43-40-37-21-18-15-12-9-6-3)63-57(60)51-48-45-42-39-36-34-31-27-25-23-20-17-14-11-8-5-2/h24,26-27,31,54H,4-23,25,28-30,32-53H2,1-3H3/b26-24-,31-27-. The van der Waals surface area contributed by atoms with Gasteiger partial charge in [0.25, 0.3) is 0 Å². The van der Waals surface area contributed by atoms with Crippen LogP contribution in [-0.2, 0) is 28.6 Å². The lowest BCUT2D eigenvalue weighted by Gasteiger charge is -2.18. The molecule has 0 aliphatic carbocycles. The topological polar surface area (TPSA) is 78.9 Å². The van der Waals surface area contributed by atoms with Crippen LogP contribution in [0.5, 0.6) is 0 Å². The van der Waals surface area contributed by atoms with E-state index in [4.69, 9.17) is 14.2 Å². The van der Waals surface area contributed by atoms with Crippen molar-refractivity contribution in [3.8, 4) is 0 Å². The van der Waals surface area contributed by atoms with Crippen LogP contribution in [0.4, 0.5) is 0 Å². The summed E-state index contributed by atoms with van der Waals surface area (Å²) in [7, 11) is 0. The quantitative estimate of drug-likeness (QED) is 0.0262. The smallest absolute Gasteiger partial charge is 0.306 e. The van der Waals surface area contributed by atoms with Crippen LogP contribution in [0.1, 0.15) is 303 Å². The molecular weight excluding hydrogens is 781 g/mol. The van der Waals surface area contributed by atoms with Gasteiger partial charge >= 0.3 is 17.9 Å². The van der Waals surface area contributed by atoms with E-state index in [1.807, 2.05) is 0 Å². The Labute approximate surface area is 392 Å². The molecule has 0 aromatic carbocycles. The van der Waals surface area contributed by atoms with Gasteiger partial charge in [-0.2, -0.15) is 0 Å². The summed E-state index contributed by atoms with van der Waals surface area (Å²) in [5.41, 5.74) is 0. The van der Waals surface area contributed by atoms with Gasteiger partial charge in [-0.15, -0.1) is 0 Å². The zero-order valence-corrected chi connectivity index (χ0v) is 42.4. The molecule has 0 aromatic rings. The normalized spacial score (nSPS) is 12.1. The minimum absolute atomic E-state index is 0.0714. The number of unbranched alkanes of at least 4 members (excludes halogenated alkanes) is 36. The third-order valence-electron chi connectivity index (χ3n) is 12.4. The summed E-state index contributed by atoms with van der Waals surface area (Å²) in [6.07, 6.45) is 60.2. The summed E-state index contributed by atoms with van der Waals surface area (Å²) >= 11 is 0. The molecule has 0 rings (SSSR count). The monoisotopic (exact) mass is 887 g/mol. The van der Waals surface area contributed by atoms with Crippen molar-refractivity contribution in [2.75, 3.05) is 13.2 Å². The lowest BCUT2D eigenvalue weighted by molar-refractivity contribution is -0.167. The number of rotatable bonds is 51. The van der Waals surface area contributed by atoms with Gasteiger partial charge in [0.15, 0.2) is 6.10 Å². The van der Waals surface area contributed by atoms with E-state index in [-0.39, 0.29) is 31.1 Å². The third-order valence-corrected chi connectivity index (χ3v) is 12.4. The van der Waals surface area contributed by atoms with E-state index in [9.17, 15) is 14.4 Å².